The number of hydrogen-bond donors (Lipinski definition) is 0. The minimum Gasteiger partial charge on any atom is -0.370 e. The molecule has 0 bridgehead atoms. The van der Waals surface area contributed by atoms with Crippen molar-refractivity contribution < 1.29 is 9.47 Å². The Labute approximate surface area is 294 Å². The summed E-state index contributed by atoms with van der Waals surface area (Å²) in [5.74, 6) is 0. The molecule has 5 fully saturated rings. The van der Waals surface area contributed by atoms with Gasteiger partial charge in [0.1, 0.15) is 0 Å². The topological polar surface area (TPSA) is 24.9 Å². The van der Waals surface area contributed by atoms with Crippen LogP contribution in [0.1, 0.15) is 51.4 Å². The van der Waals surface area contributed by atoms with Crippen LogP contribution >= 0.6 is 23.5 Å². The fourth-order valence-corrected chi connectivity index (χ4v) is 13.1. The predicted octanol–water partition coefficient (Wildman–Crippen LogP) is 10.0. The van der Waals surface area contributed by atoms with Gasteiger partial charge < -0.3 is 19.3 Å². The molecule has 4 nitrogen and oxygen atoms in total. The second-order valence-electron chi connectivity index (χ2n) is 14.2. The quantitative estimate of drug-likeness (QED) is 0.202. The highest BCUT2D eigenvalue weighted by atomic mass is 32.2. The normalized spacial score (nSPS) is 34.1. The fourth-order valence-electron chi connectivity index (χ4n) is 9.27. The molecular formula is C42H46N2O2S2. The lowest BCUT2D eigenvalue weighted by Gasteiger charge is -2.62. The zero-order chi connectivity index (χ0) is 31.9. The summed E-state index contributed by atoms with van der Waals surface area (Å²) in [7, 11) is 0. The van der Waals surface area contributed by atoms with Crippen LogP contribution in [0.2, 0.25) is 0 Å². The number of hydrogen-bond acceptors (Lipinski definition) is 6. The summed E-state index contributed by atoms with van der Waals surface area (Å²) in [5, 5.41) is 1.50. The highest BCUT2D eigenvalue weighted by Crippen LogP contribution is 2.56. The third-order valence-corrected chi connectivity index (χ3v) is 14.8. The van der Waals surface area contributed by atoms with Gasteiger partial charge in [0.05, 0.1) is 47.0 Å². The third kappa shape index (κ3) is 5.77. The summed E-state index contributed by atoms with van der Waals surface area (Å²) in [5.41, 5.74) is 4.94. The molecule has 0 aromatic heterocycles. The van der Waals surface area contributed by atoms with Gasteiger partial charge in [-0.1, -0.05) is 98.5 Å². The van der Waals surface area contributed by atoms with E-state index in [2.05, 4.69) is 155 Å². The van der Waals surface area contributed by atoms with Gasteiger partial charge in [0, 0.05) is 33.2 Å². The Kier molecular flexibility index (Phi) is 8.93. The van der Waals surface area contributed by atoms with Crippen LogP contribution in [0.25, 0.3) is 0 Å². The van der Waals surface area contributed by atoms with Gasteiger partial charge in [0.25, 0.3) is 0 Å². The van der Waals surface area contributed by atoms with E-state index in [-0.39, 0.29) is 34.8 Å². The molecule has 48 heavy (non-hydrogen) atoms. The van der Waals surface area contributed by atoms with Gasteiger partial charge >= 0.3 is 0 Å². The lowest BCUT2D eigenvalue weighted by atomic mass is 9.80. The average Bonchev–Trinajstić information content (AvgIpc) is 3.16. The third-order valence-electron chi connectivity index (χ3n) is 11.3. The molecule has 4 aromatic rings. The minimum atomic E-state index is 0.0344. The Morgan fingerprint density at radius 1 is 0.417 bits per heavy atom. The smallest absolute Gasteiger partial charge is 0.0937 e. The molecule has 2 heterocycles. The van der Waals surface area contributed by atoms with Gasteiger partial charge in [-0.3, -0.25) is 0 Å². The van der Waals surface area contributed by atoms with Crippen molar-refractivity contribution in [1.82, 2.24) is 0 Å². The predicted molar refractivity (Wildman–Crippen MR) is 202 cm³/mol. The first kappa shape index (κ1) is 31.1. The number of para-hydroxylation sites is 4. The van der Waals surface area contributed by atoms with Crippen LogP contribution in [0.3, 0.4) is 0 Å². The maximum Gasteiger partial charge on any atom is 0.0937 e. The van der Waals surface area contributed by atoms with E-state index < -0.39 is 0 Å². The van der Waals surface area contributed by atoms with E-state index in [0.29, 0.717) is 22.7 Å². The summed E-state index contributed by atoms with van der Waals surface area (Å²) < 4.78 is 15.2. The first-order chi connectivity index (χ1) is 23.8. The largest absolute Gasteiger partial charge is 0.370 e. The summed E-state index contributed by atoms with van der Waals surface area (Å²) in [6.45, 7) is 0. The van der Waals surface area contributed by atoms with Crippen molar-refractivity contribution >= 4 is 46.3 Å². The zero-order valence-corrected chi connectivity index (χ0v) is 29.1. The van der Waals surface area contributed by atoms with E-state index in [1.165, 1.54) is 74.1 Å². The van der Waals surface area contributed by atoms with Crippen LogP contribution < -0.4 is 9.80 Å². The Morgan fingerprint density at radius 3 is 1.06 bits per heavy atom. The van der Waals surface area contributed by atoms with Crippen molar-refractivity contribution in [3.8, 4) is 0 Å². The van der Waals surface area contributed by atoms with Crippen molar-refractivity contribution in [2.75, 3.05) is 9.80 Å². The average molecular weight is 675 g/mol. The van der Waals surface area contributed by atoms with E-state index in [1.807, 2.05) is 0 Å². The van der Waals surface area contributed by atoms with Crippen molar-refractivity contribution in [2.24, 2.45) is 0 Å². The molecule has 10 unspecified atom stereocenters. The first-order valence-electron chi connectivity index (χ1n) is 18.2. The van der Waals surface area contributed by atoms with Crippen molar-refractivity contribution in [1.29, 1.82) is 0 Å². The number of benzene rings is 4. The van der Waals surface area contributed by atoms with E-state index in [9.17, 15) is 0 Å². The zero-order valence-electron chi connectivity index (χ0n) is 27.5. The monoisotopic (exact) mass is 674 g/mol. The molecule has 5 aliphatic rings. The van der Waals surface area contributed by atoms with Crippen LogP contribution in [0.5, 0.6) is 0 Å². The van der Waals surface area contributed by atoms with Crippen LogP contribution in [-0.2, 0) is 9.47 Å². The second-order valence-corrected chi connectivity index (χ2v) is 17.0. The number of ether oxygens (including phenoxy) is 2. The molecule has 3 saturated carbocycles. The summed E-state index contributed by atoms with van der Waals surface area (Å²) in [6.07, 6.45) is 10.6. The van der Waals surface area contributed by atoms with Gasteiger partial charge in [-0.2, -0.15) is 0 Å². The molecule has 3 aliphatic carbocycles. The van der Waals surface area contributed by atoms with Crippen LogP contribution in [0, 0.1) is 0 Å². The highest BCUT2D eigenvalue weighted by molar-refractivity contribution is 8.01. The Hall–Kier alpha value is -2.90. The molecule has 10 atom stereocenters. The molecule has 2 saturated heterocycles. The number of rotatable bonds is 6. The molecule has 248 valence electrons. The van der Waals surface area contributed by atoms with E-state index in [4.69, 9.17) is 9.47 Å². The Morgan fingerprint density at radius 2 is 0.729 bits per heavy atom. The molecule has 9 rings (SSSR count). The van der Waals surface area contributed by atoms with Gasteiger partial charge in [-0.05, 0) is 74.2 Å². The summed E-state index contributed by atoms with van der Waals surface area (Å²) in [4.78, 5) is 5.29. The first-order valence-corrected chi connectivity index (χ1v) is 20.1. The lowest BCUT2D eigenvalue weighted by Crippen LogP contribution is -2.74. The van der Waals surface area contributed by atoms with Crippen LogP contribution in [0.4, 0.5) is 22.7 Å². The van der Waals surface area contributed by atoms with Gasteiger partial charge in [0.15, 0.2) is 0 Å². The summed E-state index contributed by atoms with van der Waals surface area (Å²) in [6, 6.07) is 44.6. The molecule has 0 radical (unpaired) electrons. The molecule has 0 spiro atoms. The fraction of sp³-hybridized carbons (Fsp3) is 0.429. The van der Waals surface area contributed by atoms with Crippen LogP contribution in [-0.4, -0.2) is 57.5 Å². The molecule has 2 aliphatic heterocycles. The van der Waals surface area contributed by atoms with Crippen molar-refractivity contribution in [3.05, 3.63) is 121 Å². The van der Waals surface area contributed by atoms with E-state index >= 15 is 0 Å². The molecule has 4 aromatic carbocycles. The summed E-state index contributed by atoms with van der Waals surface area (Å²) >= 11 is 4.48. The van der Waals surface area contributed by atoms with Crippen LogP contribution in [0.15, 0.2) is 121 Å². The molecular weight excluding hydrogens is 629 g/mol. The maximum atomic E-state index is 7.61. The number of nitrogens with zero attached hydrogens (tertiary/aromatic N) is 2. The lowest BCUT2D eigenvalue weighted by molar-refractivity contribution is -0.109. The molecule has 0 N–H and O–H groups in total. The van der Waals surface area contributed by atoms with Gasteiger partial charge in [-0.25, -0.2) is 0 Å². The molecule has 6 heteroatoms. The Balaban J connectivity index is 1.25. The highest BCUT2D eigenvalue weighted by Gasteiger charge is 2.62. The number of anilines is 4. The standard InChI is InChI=1S/C42H46N2O2S2/c1-5-17-29(18-6-1)43(30-19-7-2-8-20-30)37-39-42(48-36-28-16-13-25-33(36)45-39)38(40-41(37)47-35-27-15-14-26-34(35)46-40)44(31-21-9-3-10-22-31)32-23-11-4-12-24-32/h1-12,17-24,33-42H,13-16,25-28H2. The number of fused-ring (bicyclic) bond motifs is 4. The van der Waals surface area contributed by atoms with E-state index in [1.54, 1.807) is 0 Å². The number of thioether (sulfide) groups is 2. The SMILES string of the molecule is c1ccc(N(c2ccccc2)C2C3OC4CCCCC4SC3C(N(c3ccccc3)c3ccccc3)C3OC4CCCCC4SC32)cc1. The van der Waals surface area contributed by atoms with E-state index in [0.717, 1.165) is 0 Å². The minimum absolute atomic E-state index is 0.0344. The van der Waals surface area contributed by atoms with Gasteiger partial charge in [-0.15, -0.1) is 23.5 Å². The van der Waals surface area contributed by atoms with Crippen molar-refractivity contribution in [2.45, 2.75) is 109 Å². The van der Waals surface area contributed by atoms with Gasteiger partial charge in [0.2, 0.25) is 0 Å². The molecule has 0 amide bonds. The second kappa shape index (κ2) is 13.8. The van der Waals surface area contributed by atoms with Crippen molar-refractivity contribution in [3.63, 3.8) is 0 Å². The maximum absolute atomic E-state index is 7.61. The Bertz CT molecular complexity index is 1390.